The quantitative estimate of drug-likeness (QED) is 0.811. The molecule has 2 aliphatic rings. The van der Waals surface area contributed by atoms with Gasteiger partial charge in [0.15, 0.2) is 0 Å². The zero-order chi connectivity index (χ0) is 15.6. The van der Waals surface area contributed by atoms with Gasteiger partial charge in [-0.25, -0.2) is 9.78 Å². The number of hydrogen-bond donors (Lipinski definition) is 0. The van der Waals surface area contributed by atoms with E-state index in [0.717, 1.165) is 57.4 Å². The summed E-state index contributed by atoms with van der Waals surface area (Å²) >= 11 is 0. The summed E-state index contributed by atoms with van der Waals surface area (Å²) in [6, 6.07) is 8.98. The van der Waals surface area contributed by atoms with E-state index in [1.54, 1.807) is 0 Å². The van der Waals surface area contributed by atoms with Crippen LogP contribution in [0.25, 0.3) is 11.0 Å². The molecule has 23 heavy (non-hydrogen) atoms. The van der Waals surface area contributed by atoms with Crippen molar-refractivity contribution in [1.82, 2.24) is 19.4 Å². The molecule has 4 rings (SSSR count). The topological polar surface area (TPSA) is 41.4 Å². The number of piperidine rings is 2. The van der Waals surface area contributed by atoms with Crippen LogP contribution >= 0.6 is 0 Å². The lowest BCUT2D eigenvalue weighted by molar-refractivity contribution is 0.126. The zero-order valence-electron chi connectivity index (χ0n) is 13.5. The van der Waals surface area contributed by atoms with E-state index in [-0.39, 0.29) is 6.03 Å². The van der Waals surface area contributed by atoms with E-state index >= 15 is 0 Å². The number of amides is 2. The summed E-state index contributed by atoms with van der Waals surface area (Å²) in [7, 11) is 0. The zero-order valence-corrected chi connectivity index (χ0v) is 13.5. The Hall–Kier alpha value is -2.04. The van der Waals surface area contributed by atoms with E-state index in [1.807, 2.05) is 22.2 Å². The maximum atomic E-state index is 12.6. The van der Waals surface area contributed by atoms with Crippen LogP contribution in [0.3, 0.4) is 0 Å². The number of para-hydroxylation sites is 2. The fourth-order valence-corrected chi connectivity index (χ4v) is 3.89. The average molecular weight is 312 g/mol. The summed E-state index contributed by atoms with van der Waals surface area (Å²) in [5.74, 6) is 0. The summed E-state index contributed by atoms with van der Waals surface area (Å²) < 4.78 is 2.29. The first-order valence-electron chi connectivity index (χ1n) is 8.78. The third-order valence-electron chi connectivity index (χ3n) is 5.24. The van der Waals surface area contributed by atoms with Crippen molar-refractivity contribution in [3.05, 3.63) is 30.6 Å². The number of aromatic nitrogens is 2. The van der Waals surface area contributed by atoms with Crippen molar-refractivity contribution >= 4 is 17.1 Å². The number of nitrogens with zero attached hydrogens (tertiary/aromatic N) is 4. The number of carbonyl (C=O) groups is 1. The molecule has 0 radical (unpaired) electrons. The Balaban J connectivity index is 1.41. The van der Waals surface area contributed by atoms with Crippen LogP contribution in [-0.4, -0.2) is 51.6 Å². The Bertz CT molecular complexity index is 681. The van der Waals surface area contributed by atoms with Gasteiger partial charge in [0, 0.05) is 32.2 Å². The average Bonchev–Trinajstić information content (AvgIpc) is 3.06. The monoisotopic (exact) mass is 312 g/mol. The highest BCUT2D eigenvalue weighted by atomic mass is 16.2. The van der Waals surface area contributed by atoms with Gasteiger partial charge in [-0.3, -0.25) is 0 Å². The minimum Gasteiger partial charge on any atom is -0.327 e. The molecule has 2 saturated heterocycles. The fraction of sp³-hybridized carbons (Fsp3) is 0.556. The number of carbonyl (C=O) groups excluding carboxylic acids is 1. The lowest BCUT2D eigenvalue weighted by atomic mass is 10.0. The molecule has 2 aromatic rings. The molecule has 0 atom stereocenters. The second-order valence-corrected chi connectivity index (χ2v) is 6.69. The molecular formula is C18H24N4O. The molecule has 5 heteroatoms. The number of hydrogen-bond acceptors (Lipinski definition) is 2. The standard InChI is InChI=1S/C18H24N4O/c23-18(20-10-4-1-5-11-20)21-12-8-15(9-13-21)22-14-19-16-6-2-3-7-17(16)22/h2-3,6-7,14-15H,1,4-5,8-13H2. The molecule has 0 aliphatic carbocycles. The number of imidazole rings is 1. The number of likely N-dealkylation sites (tertiary alicyclic amines) is 2. The highest BCUT2D eigenvalue weighted by molar-refractivity contribution is 5.75. The number of rotatable bonds is 1. The first-order chi connectivity index (χ1) is 11.3. The van der Waals surface area contributed by atoms with Crippen molar-refractivity contribution in [2.24, 2.45) is 0 Å². The Labute approximate surface area is 136 Å². The van der Waals surface area contributed by atoms with Crippen molar-refractivity contribution in [2.75, 3.05) is 26.2 Å². The SMILES string of the molecule is O=C(N1CCCCC1)N1CCC(n2cnc3ccccc32)CC1. The van der Waals surface area contributed by atoms with Crippen LogP contribution in [0, 0.1) is 0 Å². The molecule has 2 amide bonds. The van der Waals surface area contributed by atoms with E-state index < -0.39 is 0 Å². The molecule has 5 nitrogen and oxygen atoms in total. The van der Waals surface area contributed by atoms with Gasteiger partial charge in [0.2, 0.25) is 0 Å². The summed E-state index contributed by atoms with van der Waals surface area (Å²) in [6.07, 6.45) is 7.56. The van der Waals surface area contributed by atoms with Crippen LogP contribution < -0.4 is 0 Å². The highest BCUT2D eigenvalue weighted by Gasteiger charge is 2.28. The fourth-order valence-electron chi connectivity index (χ4n) is 3.89. The molecule has 0 saturated carbocycles. The van der Waals surface area contributed by atoms with Gasteiger partial charge in [0.05, 0.1) is 17.4 Å². The van der Waals surface area contributed by atoms with Gasteiger partial charge < -0.3 is 14.4 Å². The Morgan fingerprint density at radius 3 is 2.43 bits per heavy atom. The number of benzene rings is 1. The molecule has 0 unspecified atom stereocenters. The first kappa shape index (κ1) is 14.5. The normalized spacial score (nSPS) is 20.2. The molecule has 122 valence electrons. The van der Waals surface area contributed by atoms with Gasteiger partial charge >= 0.3 is 6.03 Å². The molecule has 0 spiro atoms. The summed E-state index contributed by atoms with van der Waals surface area (Å²) in [5, 5.41) is 0. The number of fused-ring (bicyclic) bond motifs is 1. The summed E-state index contributed by atoms with van der Waals surface area (Å²) in [6.45, 7) is 3.58. The highest BCUT2D eigenvalue weighted by Crippen LogP contribution is 2.27. The predicted molar refractivity (Wildman–Crippen MR) is 90.4 cm³/mol. The van der Waals surface area contributed by atoms with Crippen LogP contribution in [0.4, 0.5) is 4.79 Å². The Morgan fingerprint density at radius 1 is 0.957 bits per heavy atom. The second kappa shape index (κ2) is 6.22. The molecule has 2 fully saturated rings. The third kappa shape index (κ3) is 2.80. The van der Waals surface area contributed by atoms with E-state index in [2.05, 4.69) is 27.8 Å². The summed E-state index contributed by atoms with van der Waals surface area (Å²) in [4.78, 5) is 21.2. The van der Waals surface area contributed by atoms with E-state index in [0.29, 0.717) is 6.04 Å². The molecule has 0 N–H and O–H groups in total. The third-order valence-corrected chi connectivity index (χ3v) is 5.24. The van der Waals surface area contributed by atoms with Crippen LogP contribution in [0.5, 0.6) is 0 Å². The molecular weight excluding hydrogens is 288 g/mol. The first-order valence-corrected chi connectivity index (χ1v) is 8.78. The lowest BCUT2D eigenvalue weighted by Crippen LogP contribution is -2.48. The van der Waals surface area contributed by atoms with E-state index in [9.17, 15) is 4.79 Å². The molecule has 0 bridgehead atoms. The Kier molecular flexibility index (Phi) is 3.93. The molecule has 1 aromatic carbocycles. The van der Waals surface area contributed by atoms with Gasteiger partial charge in [0.1, 0.15) is 0 Å². The van der Waals surface area contributed by atoms with Gasteiger partial charge in [-0.2, -0.15) is 0 Å². The summed E-state index contributed by atoms with van der Waals surface area (Å²) in [5.41, 5.74) is 2.26. The van der Waals surface area contributed by atoms with Crippen LogP contribution in [0.15, 0.2) is 30.6 Å². The Morgan fingerprint density at radius 2 is 1.65 bits per heavy atom. The van der Waals surface area contributed by atoms with E-state index in [4.69, 9.17) is 0 Å². The van der Waals surface area contributed by atoms with Gasteiger partial charge in [-0.15, -0.1) is 0 Å². The van der Waals surface area contributed by atoms with Crippen molar-refractivity contribution < 1.29 is 4.79 Å². The van der Waals surface area contributed by atoms with Crippen molar-refractivity contribution in [2.45, 2.75) is 38.1 Å². The van der Waals surface area contributed by atoms with Gasteiger partial charge in [-0.05, 0) is 44.2 Å². The largest absolute Gasteiger partial charge is 0.327 e. The smallest absolute Gasteiger partial charge is 0.319 e. The minimum atomic E-state index is 0.249. The number of urea groups is 1. The second-order valence-electron chi connectivity index (χ2n) is 6.69. The van der Waals surface area contributed by atoms with Gasteiger partial charge in [-0.1, -0.05) is 12.1 Å². The van der Waals surface area contributed by atoms with Crippen molar-refractivity contribution in [1.29, 1.82) is 0 Å². The van der Waals surface area contributed by atoms with Gasteiger partial charge in [0.25, 0.3) is 0 Å². The maximum absolute atomic E-state index is 12.6. The van der Waals surface area contributed by atoms with Crippen molar-refractivity contribution in [3.63, 3.8) is 0 Å². The van der Waals surface area contributed by atoms with E-state index in [1.165, 1.54) is 11.9 Å². The van der Waals surface area contributed by atoms with Crippen LogP contribution in [0.1, 0.15) is 38.1 Å². The predicted octanol–water partition coefficient (Wildman–Crippen LogP) is 3.28. The maximum Gasteiger partial charge on any atom is 0.319 e. The van der Waals surface area contributed by atoms with Crippen LogP contribution in [-0.2, 0) is 0 Å². The lowest BCUT2D eigenvalue weighted by Gasteiger charge is -2.37. The van der Waals surface area contributed by atoms with Crippen molar-refractivity contribution in [3.8, 4) is 0 Å². The molecule has 1 aromatic heterocycles. The molecule has 2 aliphatic heterocycles. The molecule has 3 heterocycles. The minimum absolute atomic E-state index is 0.249. The van der Waals surface area contributed by atoms with Crippen LogP contribution in [0.2, 0.25) is 0 Å².